The molecule has 0 spiro atoms. The number of furan rings is 1. The number of hydrogen-bond acceptors (Lipinski definition) is 3. The van der Waals surface area contributed by atoms with Gasteiger partial charge in [0.25, 0.3) is 5.91 Å². The third kappa shape index (κ3) is 2.74. The van der Waals surface area contributed by atoms with Crippen molar-refractivity contribution in [2.45, 2.75) is 13.5 Å². The Morgan fingerprint density at radius 2 is 2.38 bits per heavy atom. The summed E-state index contributed by atoms with van der Waals surface area (Å²) in [6.45, 7) is 2.35. The highest BCUT2D eigenvalue weighted by molar-refractivity contribution is 9.11. The van der Waals surface area contributed by atoms with Crippen LogP contribution in [0, 0.1) is 6.92 Å². The Hall–Kier alpha value is -1.07. The molecule has 1 amide bonds. The molecule has 0 saturated carbocycles. The average Bonchev–Trinajstić information content (AvgIpc) is 2.84. The molecule has 0 aliphatic carbocycles. The quantitative estimate of drug-likeness (QED) is 0.944. The van der Waals surface area contributed by atoms with Gasteiger partial charge in [0.15, 0.2) is 0 Å². The van der Waals surface area contributed by atoms with Crippen LogP contribution in [0.2, 0.25) is 0 Å². The molecule has 0 saturated heterocycles. The number of nitrogens with one attached hydrogen (secondary N) is 1. The molecular formula is C11H10BrNO2S. The first-order valence-electron chi connectivity index (χ1n) is 4.72. The van der Waals surface area contributed by atoms with E-state index in [-0.39, 0.29) is 5.91 Å². The molecule has 0 fully saturated rings. The third-order valence-corrected chi connectivity index (χ3v) is 3.67. The van der Waals surface area contributed by atoms with Gasteiger partial charge in [-0.1, -0.05) is 0 Å². The normalized spacial score (nSPS) is 10.4. The Labute approximate surface area is 106 Å². The number of rotatable bonds is 3. The van der Waals surface area contributed by atoms with Gasteiger partial charge in [-0.3, -0.25) is 4.79 Å². The highest BCUT2D eigenvalue weighted by atomic mass is 79.9. The summed E-state index contributed by atoms with van der Waals surface area (Å²) in [5.74, 6) is 0.630. The van der Waals surface area contributed by atoms with Gasteiger partial charge in [-0.05, 0) is 41.1 Å². The molecule has 2 rings (SSSR count). The molecule has 2 heterocycles. The maximum absolute atomic E-state index is 11.7. The van der Waals surface area contributed by atoms with E-state index < -0.39 is 0 Å². The third-order valence-electron chi connectivity index (χ3n) is 2.04. The largest absolute Gasteiger partial charge is 0.469 e. The first kappa shape index (κ1) is 11.4. The van der Waals surface area contributed by atoms with Crippen molar-refractivity contribution < 1.29 is 9.21 Å². The van der Waals surface area contributed by atoms with Crippen LogP contribution in [0.1, 0.15) is 21.0 Å². The van der Waals surface area contributed by atoms with Crippen LogP contribution in [0.5, 0.6) is 0 Å². The fraction of sp³-hybridized carbons (Fsp3) is 0.182. The summed E-state index contributed by atoms with van der Waals surface area (Å²) >= 11 is 4.99. The molecule has 2 aromatic heterocycles. The smallest absolute Gasteiger partial charge is 0.254 e. The van der Waals surface area contributed by atoms with Crippen molar-refractivity contribution in [2.24, 2.45) is 0 Å². The lowest BCUT2D eigenvalue weighted by molar-refractivity contribution is 0.0950. The van der Waals surface area contributed by atoms with E-state index in [4.69, 9.17) is 4.42 Å². The van der Waals surface area contributed by atoms with Crippen molar-refractivity contribution in [1.29, 1.82) is 0 Å². The predicted molar refractivity (Wildman–Crippen MR) is 66.6 cm³/mol. The highest BCUT2D eigenvalue weighted by Gasteiger charge is 2.08. The summed E-state index contributed by atoms with van der Waals surface area (Å²) in [7, 11) is 0. The van der Waals surface area contributed by atoms with Crippen molar-refractivity contribution in [1.82, 2.24) is 5.32 Å². The molecule has 0 aliphatic rings. The summed E-state index contributed by atoms with van der Waals surface area (Å²) in [4.78, 5) is 12.8. The van der Waals surface area contributed by atoms with Crippen molar-refractivity contribution >= 4 is 33.2 Å². The average molecular weight is 300 g/mol. The minimum Gasteiger partial charge on any atom is -0.469 e. The molecular weight excluding hydrogens is 290 g/mol. The van der Waals surface area contributed by atoms with E-state index in [1.54, 1.807) is 17.4 Å². The fourth-order valence-electron chi connectivity index (χ4n) is 1.28. The van der Waals surface area contributed by atoms with Gasteiger partial charge < -0.3 is 9.73 Å². The van der Waals surface area contributed by atoms with E-state index >= 15 is 0 Å². The van der Waals surface area contributed by atoms with Crippen molar-refractivity contribution in [2.75, 3.05) is 0 Å². The van der Waals surface area contributed by atoms with Gasteiger partial charge in [-0.15, -0.1) is 11.3 Å². The van der Waals surface area contributed by atoms with Gasteiger partial charge in [0.1, 0.15) is 12.0 Å². The number of thiophene rings is 1. The van der Waals surface area contributed by atoms with E-state index in [0.29, 0.717) is 12.1 Å². The SMILES string of the molecule is Cc1cc(C(=O)NCc2ccc(Br)s2)co1. The van der Waals surface area contributed by atoms with Crippen molar-refractivity contribution in [3.63, 3.8) is 0 Å². The molecule has 1 N–H and O–H groups in total. The summed E-state index contributed by atoms with van der Waals surface area (Å²) < 4.78 is 6.14. The molecule has 84 valence electrons. The second-order valence-corrected chi connectivity index (χ2v) is 5.88. The first-order valence-corrected chi connectivity index (χ1v) is 6.33. The van der Waals surface area contributed by atoms with Crippen LogP contribution in [0.15, 0.2) is 32.7 Å². The maximum atomic E-state index is 11.7. The second kappa shape index (κ2) is 4.84. The lowest BCUT2D eigenvalue weighted by atomic mass is 10.3. The van der Waals surface area contributed by atoms with Crippen LogP contribution in [0.3, 0.4) is 0 Å². The first-order chi connectivity index (χ1) is 7.65. The molecule has 0 aliphatic heterocycles. The van der Waals surface area contributed by atoms with Crippen LogP contribution >= 0.6 is 27.3 Å². The molecule has 5 heteroatoms. The lowest BCUT2D eigenvalue weighted by Crippen LogP contribution is -2.21. The molecule has 0 atom stereocenters. The Morgan fingerprint density at radius 3 is 2.94 bits per heavy atom. The highest BCUT2D eigenvalue weighted by Crippen LogP contribution is 2.21. The Morgan fingerprint density at radius 1 is 1.56 bits per heavy atom. The van der Waals surface area contributed by atoms with E-state index in [2.05, 4.69) is 21.2 Å². The Bertz CT molecular complexity index is 504. The topological polar surface area (TPSA) is 42.2 Å². The standard InChI is InChI=1S/C11H10BrNO2S/c1-7-4-8(6-15-7)11(14)13-5-9-2-3-10(12)16-9/h2-4,6H,5H2,1H3,(H,13,14). The second-order valence-electron chi connectivity index (χ2n) is 3.33. The van der Waals surface area contributed by atoms with E-state index in [0.717, 1.165) is 14.4 Å². The Balaban J connectivity index is 1.93. The molecule has 3 nitrogen and oxygen atoms in total. The zero-order valence-electron chi connectivity index (χ0n) is 8.62. The van der Waals surface area contributed by atoms with E-state index in [1.165, 1.54) is 6.26 Å². The van der Waals surface area contributed by atoms with Gasteiger partial charge in [0.2, 0.25) is 0 Å². The fourth-order valence-corrected chi connectivity index (χ4v) is 2.70. The predicted octanol–water partition coefficient (Wildman–Crippen LogP) is 3.34. The molecule has 0 radical (unpaired) electrons. The van der Waals surface area contributed by atoms with Gasteiger partial charge in [-0.2, -0.15) is 0 Å². The minimum absolute atomic E-state index is 0.110. The van der Waals surface area contributed by atoms with Crippen LogP contribution < -0.4 is 5.32 Å². The van der Waals surface area contributed by atoms with Crippen LogP contribution in [0.4, 0.5) is 0 Å². The Kier molecular flexibility index (Phi) is 3.46. The lowest BCUT2D eigenvalue weighted by Gasteiger charge is -2.00. The molecule has 2 aromatic rings. The summed E-state index contributed by atoms with van der Waals surface area (Å²) in [6, 6.07) is 5.67. The molecule has 0 unspecified atom stereocenters. The maximum Gasteiger partial charge on any atom is 0.254 e. The van der Waals surface area contributed by atoms with Crippen LogP contribution in [-0.2, 0) is 6.54 Å². The molecule has 0 aromatic carbocycles. The monoisotopic (exact) mass is 299 g/mol. The van der Waals surface area contributed by atoms with Crippen molar-refractivity contribution in [3.8, 4) is 0 Å². The van der Waals surface area contributed by atoms with Gasteiger partial charge >= 0.3 is 0 Å². The number of amides is 1. The number of carbonyl (C=O) groups is 1. The number of hydrogen-bond donors (Lipinski definition) is 1. The van der Waals surface area contributed by atoms with Gasteiger partial charge in [-0.25, -0.2) is 0 Å². The van der Waals surface area contributed by atoms with Gasteiger partial charge in [0, 0.05) is 4.88 Å². The molecule has 0 bridgehead atoms. The summed E-state index contributed by atoms with van der Waals surface area (Å²) in [5, 5.41) is 2.83. The molecule has 16 heavy (non-hydrogen) atoms. The van der Waals surface area contributed by atoms with Crippen molar-refractivity contribution in [3.05, 3.63) is 44.4 Å². The minimum atomic E-state index is -0.110. The summed E-state index contributed by atoms with van der Waals surface area (Å²) in [6.07, 6.45) is 1.47. The van der Waals surface area contributed by atoms with Crippen LogP contribution in [-0.4, -0.2) is 5.91 Å². The number of aryl methyl sites for hydroxylation is 1. The summed E-state index contributed by atoms with van der Waals surface area (Å²) in [5.41, 5.74) is 0.563. The van der Waals surface area contributed by atoms with Crippen LogP contribution in [0.25, 0.3) is 0 Å². The zero-order chi connectivity index (χ0) is 11.5. The zero-order valence-corrected chi connectivity index (χ0v) is 11.0. The van der Waals surface area contributed by atoms with Gasteiger partial charge in [0.05, 0.1) is 15.9 Å². The number of halogens is 1. The number of carbonyl (C=O) groups excluding carboxylic acids is 1. The van der Waals surface area contributed by atoms with E-state index in [1.807, 2.05) is 19.1 Å². The van der Waals surface area contributed by atoms with E-state index in [9.17, 15) is 4.79 Å².